The van der Waals surface area contributed by atoms with E-state index in [1.54, 1.807) is 25.1 Å². The molecular weight excluding hydrogens is 307 g/mol. The normalized spacial score (nSPS) is 11.1. The van der Waals surface area contributed by atoms with Gasteiger partial charge < -0.3 is 5.11 Å². The Balaban J connectivity index is 1.81. The Hall–Kier alpha value is -3.21. The Morgan fingerprint density at radius 2 is 1.83 bits per heavy atom. The first-order valence-electron chi connectivity index (χ1n) is 7.36. The average molecular weight is 322 g/mol. The maximum atomic E-state index is 13.4. The number of nitrogens with zero attached hydrogens (tertiary/aromatic N) is 1. The Labute approximate surface area is 138 Å². The molecule has 0 aliphatic rings. The molecule has 0 fully saturated rings. The number of hydrogen-bond acceptors (Lipinski definition) is 3. The van der Waals surface area contributed by atoms with Crippen molar-refractivity contribution in [3.05, 3.63) is 77.1 Å². The molecule has 0 aromatic heterocycles. The van der Waals surface area contributed by atoms with E-state index in [1.807, 2.05) is 24.3 Å². The summed E-state index contributed by atoms with van der Waals surface area (Å²) in [5, 5.41) is 15.5. The van der Waals surface area contributed by atoms with E-state index in [1.165, 1.54) is 18.3 Å². The monoisotopic (exact) mass is 322 g/mol. The molecule has 0 radical (unpaired) electrons. The molecule has 3 aromatic rings. The van der Waals surface area contributed by atoms with E-state index >= 15 is 0 Å². The smallest absolute Gasteiger partial charge is 0.275 e. The van der Waals surface area contributed by atoms with Gasteiger partial charge in [-0.25, -0.2) is 9.82 Å². The molecule has 5 heteroatoms. The molecule has 0 heterocycles. The second-order valence-electron chi connectivity index (χ2n) is 5.37. The van der Waals surface area contributed by atoms with Gasteiger partial charge in [-0.1, -0.05) is 36.4 Å². The van der Waals surface area contributed by atoms with Crippen molar-refractivity contribution in [2.24, 2.45) is 5.10 Å². The minimum atomic E-state index is -0.538. The molecule has 0 saturated carbocycles. The van der Waals surface area contributed by atoms with Crippen molar-refractivity contribution in [2.75, 3.05) is 0 Å². The van der Waals surface area contributed by atoms with Crippen molar-refractivity contribution in [3.63, 3.8) is 0 Å². The van der Waals surface area contributed by atoms with Gasteiger partial charge in [0.15, 0.2) is 0 Å². The number of benzene rings is 3. The van der Waals surface area contributed by atoms with E-state index in [2.05, 4.69) is 10.5 Å². The second kappa shape index (κ2) is 6.50. The number of carbonyl (C=O) groups excluding carboxylic acids is 1. The molecule has 2 N–H and O–H groups in total. The predicted octanol–water partition coefficient (Wildman–Crippen LogP) is 3.76. The molecule has 3 rings (SSSR count). The Kier molecular flexibility index (Phi) is 4.24. The zero-order valence-electron chi connectivity index (χ0n) is 13.0. The molecule has 0 spiro atoms. The van der Waals surface area contributed by atoms with E-state index < -0.39 is 5.91 Å². The van der Waals surface area contributed by atoms with Gasteiger partial charge in [0, 0.05) is 5.56 Å². The number of rotatable bonds is 3. The maximum absolute atomic E-state index is 13.4. The van der Waals surface area contributed by atoms with Crippen LogP contribution in [0.25, 0.3) is 10.8 Å². The lowest BCUT2D eigenvalue weighted by atomic mass is 10.1. The second-order valence-corrected chi connectivity index (χ2v) is 5.37. The van der Waals surface area contributed by atoms with Gasteiger partial charge in [-0.15, -0.1) is 0 Å². The summed E-state index contributed by atoms with van der Waals surface area (Å²) >= 11 is 0. The van der Waals surface area contributed by atoms with Crippen LogP contribution in [0.4, 0.5) is 4.39 Å². The summed E-state index contributed by atoms with van der Waals surface area (Å²) < 4.78 is 13.4. The van der Waals surface area contributed by atoms with E-state index in [4.69, 9.17) is 0 Å². The van der Waals surface area contributed by atoms with Crippen LogP contribution in [-0.4, -0.2) is 17.2 Å². The largest absolute Gasteiger partial charge is 0.507 e. The Morgan fingerprint density at radius 1 is 1.12 bits per heavy atom. The summed E-state index contributed by atoms with van der Waals surface area (Å²) in [5.74, 6) is -0.996. The first kappa shape index (κ1) is 15.7. The number of halogens is 1. The molecule has 120 valence electrons. The van der Waals surface area contributed by atoms with Gasteiger partial charge in [0.25, 0.3) is 5.91 Å². The van der Waals surface area contributed by atoms with Gasteiger partial charge in [-0.05, 0) is 41.5 Å². The molecule has 0 aliphatic heterocycles. The zero-order valence-corrected chi connectivity index (χ0v) is 13.0. The van der Waals surface area contributed by atoms with Gasteiger partial charge in [-0.3, -0.25) is 4.79 Å². The van der Waals surface area contributed by atoms with Crippen LogP contribution in [0, 0.1) is 12.7 Å². The van der Waals surface area contributed by atoms with E-state index in [0.717, 1.165) is 10.8 Å². The van der Waals surface area contributed by atoms with E-state index in [0.29, 0.717) is 11.1 Å². The summed E-state index contributed by atoms with van der Waals surface area (Å²) in [5.41, 5.74) is 3.49. The van der Waals surface area contributed by atoms with Crippen molar-refractivity contribution in [1.29, 1.82) is 0 Å². The third-order valence-electron chi connectivity index (χ3n) is 3.79. The summed E-state index contributed by atoms with van der Waals surface area (Å²) in [4.78, 5) is 12.2. The zero-order chi connectivity index (χ0) is 17.1. The number of nitrogens with one attached hydrogen (secondary N) is 1. The van der Waals surface area contributed by atoms with Gasteiger partial charge in [0.1, 0.15) is 11.6 Å². The van der Waals surface area contributed by atoms with Crippen LogP contribution < -0.4 is 5.43 Å². The minimum absolute atomic E-state index is 0.122. The van der Waals surface area contributed by atoms with Crippen molar-refractivity contribution in [2.45, 2.75) is 6.92 Å². The van der Waals surface area contributed by atoms with Crippen LogP contribution in [0.3, 0.4) is 0 Å². The lowest BCUT2D eigenvalue weighted by molar-refractivity contribution is 0.0952. The fourth-order valence-corrected chi connectivity index (χ4v) is 2.39. The molecular formula is C19H15FN2O2. The number of hydrogen-bond donors (Lipinski definition) is 2. The lowest BCUT2D eigenvalue weighted by Gasteiger charge is -2.06. The molecule has 0 unspecified atom stereocenters. The predicted molar refractivity (Wildman–Crippen MR) is 91.8 cm³/mol. The van der Waals surface area contributed by atoms with Gasteiger partial charge >= 0.3 is 0 Å². The molecule has 0 aliphatic carbocycles. The van der Waals surface area contributed by atoms with Crippen molar-refractivity contribution >= 4 is 22.9 Å². The molecule has 24 heavy (non-hydrogen) atoms. The van der Waals surface area contributed by atoms with Crippen LogP contribution in [-0.2, 0) is 0 Å². The SMILES string of the molecule is Cc1c(F)cccc1C=NNC(=O)c1cc2ccccc2cc1O. The molecule has 0 atom stereocenters. The number of amides is 1. The van der Waals surface area contributed by atoms with Gasteiger partial charge in [0.2, 0.25) is 0 Å². The average Bonchev–Trinajstić information content (AvgIpc) is 2.58. The van der Waals surface area contributed by atoms with Crippen molar-refractivity contribution in [3.8, 4) is 5.75 Å². The summed E-state index contributed by atoms with van der Waals surface area (Å²) in [6, 6.07) is 15.2. The number of fused-ring (bicyclic) bond motifs is 1. The molecule has 0 bridgehead atoms. The minimum Gasteiger partial charge on any atom is -0.507 e. The number of carbonyl (C=O) groups is 1. The fourth-order valence-electron chi connectivity index (χ4n) is 2.39. The van der Waals surface area contributed by atoms with Crippen LogP contribution in [0.5, 0.6) is 5.75 Å². The highest BCUT2D eigenvalue weighted by molar-refractivity contribution is 6.01. The summed E-state index contributed by atoms with van der Waals surface area (Å²) in [6.45, 7) is 1.63. The van der Waals surface area contributed by atoms with Crippen molar-refractivity contribution in [1.82, 2.24) is 5.43 Å². The van der Waals surface area contributed by atoms with Crippen LogP contribution in [0.1, 0.15) is 21.5 Å². The third kappa shape index (κ3) is 3.10. The number of hydrazone groups is 1. The maximum Gasteiger partial charge on any atom is 0.275 e. The lowest BCUT2D eigenvalue weighted by Crippen LogP contribution is -2.17. The topological polar surface area (TPSA) is 61.7 Å². The third-order valence-corrected chi connectivity index (χ3v) is 3.79. The Morgan fingerprint density at radius 3 is 2.58 bits per heavy atom. The fraction of sp³-hybridized carbons (Fsp3) is 0.0526. The summed E-state index contributed by atoms with van der Waals surface area (Å²) in [6.07, 6.45) is 1.37. The quantitative estimate of drug-likeness (QED) is 0.570. The molecule has 0 saturated heterocycles. The van der Waals surface area contributed by atoms with Crippen LogP contribution in [0.15, 0.2) is 59.7 Å². The standard InChI is InChI=1S/C19H15FN2O2/c1-12-15(7-4-8-17(12)20)11-21-22-19(24)16-9-13-5-2-3-6-14(13)10-18(16)23/h2-11,23H,1H3,(H,22,24). The highest BCUT2D eigenvalue weighted by Crippen LogP contribution is 2.24. The number of aromatic hydroxyl groups is 1. The van der Waals surface area contributed by atoms with E-state index in [-0.39, 0.29) is 17.1 Å². The molecule has 3 aromatic carbocycles. The summed E-state index contributed by atoms with van der Waals surface area (Å²) in [7, 11) is 0. The molecule has 4 nitrogen and oxygen atoms in total. The van der Waals surface area contributed by atoms with E-state index in [9.17, 15) is 14.3 Å². The number of phenolic OH excluding ortho intramolecular Hbond substituents is 1. The first-order chi connectivity index (χ1) is 11.6. The highest BCUT2D eigenvalue weighted by Gasteiger charge is 2.11. The highest BCUT2D eigenvalue weighted by atomic mass is 19.1. The Bertz CT molecular complexity index is 951. The molecule has 1 amide bonds. The first-order valence-corrected chi connectivity index (χ1v) is 7.36. The van der Waals surface area contributed by atoms with Gasteiger partial charge in [-0.2, -0.15) is 5.10 Å². The van der Waals surface area contributed by atoms with Crippen LogP contribution in [0.2, 0.25) is 0 Å². The van der Waals surface area contributed by atoms with Crippen LogP contribution >= 0.6 is 0 Å². The van der Waals surface area contributed by atoms with Crippen molar-refractivity contribution < 1.29 is 14.3 Å². The van der Waals surface area contributed by atoms with Gasteiger partial charge in [0.05, 0.1) is 11.8 Å². The number of phenols is 1.